The predicted molar refractivity (Wildman–Crippen MR) is 78.0 cm³/mol. The van der Waals surface area contributed by atoms with Crippen LogP contribution in [-0.4, -0.2) is 24.4 Å². The van der Waals surface area contributed by atoms with Crippen molar-refractivity contribution in [2.45, 2.75) is 19.3 Å². The van der Waals surface area contributed by atoms with Gasteiger partial charge in [0.1, 0.15) is 0 Å². The van der Waals surface area contributed by atoms with Gasteiger partial charge in [-0.15, -0.1) is 0 Å². The van der Waals surface area contributed by atoms with Gasteiger partial charge in [-0.25, -0.2) is 0 Å². The van der Waals surface area contributed by atoms with Crippen molar-refractivity contribution in [3.8, 4) is 0 Å². The third kappa shape index (κ3) is 2.48. The molecule has 1 heterocycles. The number of nitrogens with zero attached hydrogens (tertiary/aromatic N) is 1. The molecule has 2 nitrogen and oxygen atoms in total. The topological polar surface area (TPSA) is 20.3 Å². The van der Waals surface area contributed by atoms with Crippen molar-refractivity contribution in [2.75, 3.05) is 13.6 Å². The van der Waals surface area contributed by atoms with Crippen molar-refractivity contribution >= 4 is 16.7 Å². The van der Waals surface area contributed by atoms with Gasteiger partial charge < -0.3 is 4.90 Å². The quantitative estimate of drug-likeness (QED) is 0.804. The number of likely N-dealkylation sites (tertiary alicyclic amines) is 1. The van der Waals surface area contributed by atoms with E-state index in [2.05, 4.69) is 42.5 Å². The Morgan fingerprint density at radius 3 is 2.79 bits per heavy atom. The van der Waals surface area contributed by atoms with E-state index in [0.29, 0.717) is 5.91 Å². The Labute approximate surface area is 114 Å². The summed E-state index contributed by atoms with van der Waals surface area (Å²) in [6.07, 6.45) is 3.02. The summed E-state index contributed by atoms with van der Waals surface area (Å²) < 4.78 is 0. The molecule has 0 bridgehead atoms. The molecule has 0 spiro atoms. The molecule has 1 aliphatic heterocycles. The fraction of sp³-hybridized carbons (Fsp3) is 0.353. The lowest BCUT2D eigenvalue weighted by molar-refractivity contribution is -0.136. The van der Waals surface area contributed by atoms with Crippen molar-refractivity contribution in [2.24, 2.45) is 5.92 Å². The number of piperidine rings is 1. The zero-order valence-electron chi connectivity index (χ0n) is 11.3. The minimum Gasteiger partial charge on any atom is -0.346 e. The van der Waals surface area contributed by atoms with Crippen molar-refractivity contribution in [3.05, 3.63) is 48.0 Å². The number of carbonyl (C=O) groups excluding carboxylic acids is 1. The van der Waals surface area contributed by atoms with Gasteiger partial charge in [-0.2, -0.15) is 0 Å². The SMILES string of the molecule is CN1CCC[C@H](Cc2ccc3ccccc3c2)C1=O. The van der Waals surface area contributed by atoms with Crippen LogP contribution in [0.3, 0.4) is 0 Å². The highest BCUT2D eigenvalue weighted by atomic mass is 16.2. The molecule has 1 aliphatic rings. The maximum absolute atomic E-state index is 12.1. The molecule has 0 aliphatic carbocycles. The first-order valence-electron chi connectivity index (χ1n) is 6.97. The van der Waals surface area contributed by atoms with Crippen LogP contribution < -0.4 is 0 Å². The van der Waals surface area contributed by atoms with Gasteiger partial charge in [0, 0.05) is 19.5 Å². The third-order valence-electron chi connectivity index (χ3n) is 4.07. The molecule has 0 radical (unpaired) electrons. The van der Waals surface area contributed by atoms with Gasteiger partial charge in [-0.05, 0) is 35.6 Å². The zero-order chi connectivity index (χ0) is 13.2. The number of carbonyl (C=O) groups is 1. The third-order valence-corrected chi connectivity index (χ3v) is 4.07. The number of hydrogen-bond acceptors (Lipinski definition) is 1. The van der Waals surface area contributed by atoms with Crippen LogP contribution in [-0.2, 0) is 11.2 Å². The van der Waals surface area contributed by atoms with E-state index in [1.54, 1.807) is 0 Å². The molecule has 0 unspecified atom stereocenters. The Hall–Kier alpha value is -1.83. The molecular formula is C17H19NO. The average Bonchev–Trinajstić information content (AvgIpc) is 2.44. The summed E-state index contributed by atoms with van der Waals surface area (Å²) in [4.78, 5) is 14.0. The number of amides is 1. The molecule has 0 aromatic heterocycles. The second-order valence-electron chi connectivity index (χ2n) is 5.48. The number of hydrogen-bond donors (Lipinski definition) is 0. The first-order valence-corrected chi connectivity index (χ1v) is 6.97. The summed E-state index contributed by atoms with van der Waals surface area (Å²) in [5, 5.41) is 2.52. The lowest BCUT2D eigenvalue weighted by atomic mass is 9.90. The number of rotatable bonds is 2. The Bertz CT molecular complexity index is 605. The van der Waals surface area contributed by atoms with Crippen molar-refractivity contribution in [1.82, 2.24) is 4.90 Å². The van der Waals surface area contributed by atoms with E-state index >= 15 is 0 Å². The molecule has 2 aromatic carbocycles. The predicted octanol–water partition coefficient (Wildman–Crippen LogP) is 3.25. The molecule has 1 fully saturated rings. The second-order valence-corrected chi connectivity index (χ2v) is 5.48. The Kier molecular flexibility index (Phi) is 3.24. The van der Waals surface area contributed by atoms with Gasteiger partial charge in [-0.1, -0.05) is 42.5 Å². The van der Waals surface area contributed by atoms with Crippen molar-refractivity contribution in [3.63, 3.8) is 0 Å². The highest BCUT2D eigenvalue weighted by Crippen LogP contribution is 2.23. The second kappa shape index (κ2) is 5.04. The summed E-state index contributed by atoms with van der Waals surface area (Å²) >= 11 is 0. The number of fused-ring (bicyclic) bond motifs is 1. The lowest BCUT2D eigenvalue weighted by Crippen LogP contribution is -2.39. The van der Waals surface area contributed by atoms with E-state index in [9.17, 15) is 4.79 Å². The Balaban J connectivity index is 1.83. The minimum atomic E-state index is 0.167. The fourth-order valence-electron chi connectivity index (χ4n) is 2.96. The van der Waals surface area contributed by atoms with Crippen LogP contribution in [0.25, 0.3) is 10.8 Å². The molecule has 19 heavy (non-hydrogen) atoms. The van der Waals surface area contributed by atoms with Gasteiger partial charge in [-0.3, -0.25) is 4.79 Å². The Morgan fingerprint density at radius 1 is 1.16 bits per heavy atom. The molecule has 3 rings (SSSR count). The smallest absolute Gasteiger partial charge is 0.225 e. The fourth-order valence-corrected chi connectivity index (χ4v) is 2.96. The van der Waals surface area contributed by atoms with Crippen LogP contribution in [0.1, 0.15) is 18.4 Å². The first kappa shape index (κ1) is 12.2. The van der Waals surface area contributed by atoms with Gasteiger partial charge in [0.05, 0.1) is 0 Å². The van der Waals surface area contributed by atoms with Crippen molar-refractivity contribution < 1.29 is 4.79 Å². The normalized spacial score (nSPS) is 19.9. The highest BCUT2D eigenvalue weighted by Gasteiger charge is 2.26. The van der Waals surface area contributed by atoms with Crippen LogP contribution in [0, 0.1) is 5.92 Å². The molecular weight excluding hydrogens is 234 g/mol. The minimum absolute atomic E-state index is 0.167. The van der Waals surface area contributed by atoms with Crippen LogP contribution >= 0.6 is 0 Å². The largest absolute Gasteiger partial charge is 0.346 e. The monoisotopic (exact) mass is 253 g/mol. The maximum Gasteiger partial charge on any atom is 0.225 e. The molecule has 1 atom stereocenters. The standard InChI is InChI=1S/C17H19NO/c1-18-10-4-7-16(17(18)19)12-13-8-9-14-5-2-3-6-15(14)11-13/h2-3,5-6,8-9,11,16H,4,7,10,12H2,1H3/t16-/m1/s1. The average molecular weight is 253 g/mol. The van der Waals surface area contributed by atoms with Crippen LogP contribution in [0.4, 0.5) is 0 Å². The van der Waals surface area contributed by atoms with Crippen molar-refractivity contribution in [1.29, 1.82) is 0 Å². The van der Waals surface area contributed by atoms with Gasteiger partial charge >= 0.3 is 0 Å². The van der Waals surface area contributed by atoms with E-state index in [0.717, 1.165) is 25.8 Å². The molecule has 0 saturated carbocycles. The molecule has 98 valence electrons. The molecule has 0 N–H and O–H groups in total. The molecule has 2 heteroatoms. The van der Waals surface area contributed by atoms with Gasteiger partial charge in [0.25, 0.3) is 0 Å². The summed E-state index contributed by atoms with van der Waals surface area (Å²) in [5.74, 6) is 0.472. The highest BCUT2D eigenvalue weighted by molar-refractivity contribution is 5.83. The maximum atomic E-state index is 12.1. The van der Waals surface area contributed by atoms with E-state index in [-0.39, 0.29) is 5.92 Å². The van der Waals surface area contributed by atoms with Gasteiger partial charge in [0.2, 0.25) is 5.91 Å². The van der Waals surface area contributed by atoms with E-state index in [1.165, 1.54) is 16.3 Å². The van der Waals surface area contributed by atoms with Gasteiger partial charge in [0.15, 0.2) is 0 Å². The summed E-state index contributed by atoms with van der Waals surface area (Å²) in [7, 11) is 1.91. The summed E-state index contributed by atoms with van der Waals surface area (Å²) in [6.45, 7) is 0.910. The summed E-state index contributed by atoms with van der Waals surface area (Å²) in [6, 6.07) is 14.9. The number of benzene rings is 2. The zero-order valence-corrected chi connectivity index (χ0v) is 11.3. The van der Waals surface area contributed by atoms with E-state index in [1.807, 2.05) is 11.9 Å². The lowest BCUT2D eigenvalue weighted by Gasteiger charge is -2.29. The van der Waals surface area contributed by atoms with Crippen LogP contribution in [0.5, 0.6) is 0 Å². The molecule has 1 amide bonds. The van der Waals surface area contributed by atoms with E-state index in [4.69, 9.17) is 0 Å². The summed E-state index contributed by atoms with van der Waals surface area (Å²) in [5.41, 5.74) is 1.27. The van der Waals surface area contributed by atoms with E-state index < -0.39 is 0 Å². The van der Waals surface area contributed by atoms with Crippen LogP contribution in [0.2, 0.25) is 0 Å². The first-order chi connectivity index (χ1) is 9.24. The molecule has 2 aromatic rings. The molecule has 1 saturated heterocycles. The Morgan fingerprint density at radius 2 is 1.95 bits per heavy atom. The van der Waals surface area contributed by atoms with Crippen LogP contribution in [0.15, 0.2) is 42.5 Å².